The van der Waals surface area contributed by atoms with E-state index in [2.05, 4.69) is 0 Å². The van der Waals surface area contributed by atoms with E-state index in [9.17, 15) is 9.18 Å². The molecule has 0 aromatic heterocycles. The molecule has 16 heavy (non-hydrogen) atoms. The SMILES string of the molecule is Cc1cc(F)ccc1C(=O)C1(C)CCCS1. The summed E-state index contributed by atoms with van der Waals surface area (Å²) in [7, 11) is 0. The second kappa shape index (κ2) is 4.21. The van der Waals surface area contributed by atoms with Crippen molar-refractivity contribution < 1.29 is 9.18 Å². The van der Waals surface area contributed by atoms with E-state index < -0.39 is 0 Å². The topological polar surface area (TPSA) is 17.1 Å². The number of benzene rings is 1. The van der Waals surface area contributed by atoms with Crippen LogP contribution in [-0.2, 0) is 0 Å². The molecule has 1 heterocycles. The van der Waals surface area contributed by atoms with E-state index in [0.717, 1.165) is 24.2 Å². The molecule has 3 heteroatoms. The zero-order chi connectivity index (χ0) is 11.8. The van der Waals surface area contributed by atoms with Gasteiger partial charge in [0.25, 0.3) is 0 Å². The van der Waals surface area contributed by atoms with Crippen molar-refractivity contribution >= 4 is 17.5 Å². The van der Waals surface area contributed by atoms with Gasteiger partial charge in [-0.05, 0) is 56.2 Å². The molecule has 86 valence electrons. The summed E-state index contributed by atoms with van der Waals surface area (Å²) in [5.41, 5.74) is 1.40. The molecule has 0 radical (unpaired) electrons. The van der Waals surface area contributed by atoms with Gasteiger partial charge in [-0.1, -0.05) is 0 Å². The molecule has 1 atom stereocenters. The van der Waals surface area contributed by atoms with Crippen molar-refractivity contribution in [3.05, 3.63) is 35.1 Å². The number of rotatable bonds is 2. The van der Waals surface area contributed by atoms with Crippen LogP contribution in [0.4, 0.5) is 4.39 Å². The van der Waals surface area contributed by atoms with Crippen molar-refractivity contribution in [1.29, 1.82) is 0 Å². The number of hydrogen-bond donors (Lipinski definition) is 0. The van der Waals surface area contributed by atoms with Crippen LogP contribution in [0, 0.1) is 12.7 Å². The Balaban J connectivity index is 2.33. The van der Waals surface area contributed by atoms with Gasteiger partial charge in [0.2, 0.25) is 0 Å². The Hall–Kier alpha value is -0.830. The van der Waals surface area contributed by atoms with E-state index in [1.54, 1.807) is 24.8 Å². The van der Waals surface area contributed by atoms with Gasteiger partial charge in [0, 0.05) is 5.56 Å². The monoisotopic (exact) mass is 238 g/mol. The molecule has 0 amide bonds. The fourth-order valence-corrected chi connectivity index (χ4v) is 3.39. The summed E-state index contributed by atoms with van der Waals surface area (Å²) < 4.78 is 12.7. The summed E-state index contributed by atoms with van der Waals surface area (Å²) in [5.74, 6) is 0.911. The third kappa shape index (κ3) is 2.01. The number of aryl methyl sites for hydroxylation is 1. The van der Waals surface area contributed by atoms with Gasteiger partial charge in [-0.3, -0.25) is 4.79 Å². The molecule has 0 saturated carbocycles. The van der Waals surface area contributed by atoms with Gasteiger partial charge >= 0.3 is 0 Å². The van der Waals surface area contributed by atoms with Gasteiger partial charge < -0.3 is 0 Å². The normalized spacial score (nSPS) is 24.7. The minimum atomic E-state index is -0.303. The minimum absolute atomic E-state index is 0.146. The summed E-state index contributed by atoms with van der Waals surface area (Å²) in [6.07, 6.45) is 2.01. The summed E-state index contributed by atoms with van der Waals surface area (Å²) in [6, 6.07) is 4.40. The maximum Gasteiger partial charge on any atom is 0.178 e. The number of Topliss-reactive ketones (excluding diaryl/α,β-unsaturated/α-hetero) is 1. The predicted molar refractivity (Wildman–Crippen MR) is 65.6 cm³/mol. The molecule has 1 nitrogen and oxygen atoms in total. The molecule has 0 bridgehead atoms. The first-order chi connectivity index (χ1) is 7.53. The summed E-state index contributed by atoms with van der Waals surface area (Å²) in [5, 5.41) is 0. The molecule has 1 aromatic rings. The first-order valence-corrected chi connectivity index (χ1v) is 6.46. The number of thioether (sulfide) groups is 1. The molecule has 1 unspecified atom stereocenters. The molecular weight excluding hydrogens is 223 g/mol. The molecule has 0 aliphatic carbocycles. The number of carbonyl (C=O) groups excluding carboxylic acids is 1. The fraction of sp³-hybridized carbons (Fsp3) is 0.462. The number of carbonyl (C=O) groups is 1. The first-order valence-electron chi connectivity index (χ1n) is 5.48. The van der Waals surface area contributed by atoms with Crippen LogP contribution in [0.5, 0.6) is 0 Å². The van der Waals surface area contributed by atoms with Gasteiger partial charge in [-0.15, -0.1) is 11.8 Å². The van der Waals surface area contributed by atoms with Crippen LogP contribution in [0.15, 0.2) is 18.2 Å². The van der Waals surface area contributed by atoms with E-state index in [1.807, 2.05) is 6.92 Å². The molecular formula is C13H15FOS. The lowest BCUT2D eigenvalue weighted by atomic mass is 9.92. The van der Waals surface area contributed by atoms with E-state index in [0.29, 0.717) is 5.56 Å². The standard InChI is InChI=1S/C13H15FOS/c1-9-8-10(14)4-5-11(9)12(15)13(2)6-3-7-16-13/h4-5,8H,3,6-7H2,1-2H3. The second-order valence-electron chi connectivity index (χ2n) is 4.47. The summed E-state index contributed by atoms with van der Waals surface area (Å²) in [6.45, 7) is 3.79. The van der Waals surface area contributed by atoms with Crippen molar-refractivity contribution in [2.24, 2.45) is 0 Å². The zero-order valence-electron chi connectivity index (χ0n) is 9.55. The second-order valence-corrected chi connectivity index (χ2v) is 6.07. The van der Waals surface area contributed by atoms with E-state index in [-0.39, 0.29) is 16.3 Å². The third-order valence-electron chi connectivity index (χ3n) is 3.13. The summed E-state index contributed by atoms with van der Waals surface area (Å²) in [4.78, 5) is 12.4. The van der Waals surface area contributed by atoms with E-state index in [4.69, 9.17) is 0 Å². The average molecular weight is 238 g/mol. The third-order valence-corrected chi connectivity index (χ3v) is 4.65. The molecule has 1 saturated heterocycles. The van der Waals surface area contributed by atoms with Crippen LogP contribution in [0.1, 0.15) is 35.7 Å². The highest BCUT2D eigenvalue weighted by Gasteiger charge is 2.38. The molecule has 1 aliphatic rings. The Kier molecular flexibility index (Phi) is 3.06. The van der Waals surface area contributed by atoms with Gasteiger partial charge in [0.15, 0.2) is 5.78 Å². The van der Waals surface area contributed by atoms with Gasteiger partial charge in [0.05, 0.1) is 4.75 Å². The highest BCUT2D eigenvalue weighted by atomic mass is 32.2. The maximum atomic E-state index is 13.0. The Morgan fingerprint density at radius 2 is 2.25 bits per heavy atom. The van der Waals surface area contributed by atoms with Crippen molar-refractivity contribution in [3.63, 3.8) is 0 Å². The number of halogens is 1. The van der Waals surface area contributed by atoms with Crippen LogP contribution in [0.3, 0.4) is 0 Å². The van der Waals surface area contributed by atoms with Crippen LogP contribution < -0.4 is 0 Å². The van der Waals surface area contributed by atoms with Crippen LogP contribution in [0.2, 0.25) is 0 Å². The van der Waals surface area contributed by atoms with Gasteiger partial charge in [-0.25, -0.2) is 4.39 Å². The van der Waals surface area contributed by atoms with E-state index >= 15 is 0 Å². The highest BCUT2D eigenvalue weighted by molar-refractivity contribution is 8.01. The average Bonchev–Trinajstić information content (AvgIpc) is 2.66. The minimum Gasteiger partial charge on any atom is -0.293 e. The molecule has 0 N–H and O–H groups in total. The molecule has 2 rings (SSSR count). The van der Waals surface area contributed by atoms with E-state index in [1.165, 1.54) is 12.1 Å². The van der Waals surface area contributed by atoms with Gasteiger partial charge in [0.1, 0.15) is 5.82 Å². The Morgan fingerprint density at radius 3 is 2.81 bits per heavy atom. The lowest BCUT2D eigenvalue weighted by Gasteiger charge is -2.21. The van der Waals surface area contributed by atoms with Crippen molar-refractivity contribution in [3.8, 4) is 0 Å². The van der Waals surface area contributed by atoms with Crippen molar-refractivity contribution in [2.75, 3.05) is 5.75 Å². The zero-order valence-corrected chi connectivity index (χ0v) is 10.4. The van der Waals surface area contributed by atoms with Crippen molar-refractivity contribution in [1.82, 2.24) is 0 Å². The summed E-state index contributed by atoms with van der Waals surface area (Å²) >= 11 is 1.72. The largest absolute Gasteiger partial charge is 0.293 e. The van der Waals surface area contributed by atoms with Crippen LogP contribution in [0.25, 0.3) is 0 Å². The quantitative estimate of drug-likeness (QED) is 0.732. The lowest BCUT2D eigenvalue weighted by Crippen LogP contribution is -2.29. The number of hydrogen-bond acceptors (Lipinski definition) is 2. The highest BCUT2D eigenvalue weighted by Crippen LogP contribution is 2.40. The molecule has 1 aliphatic heterocycles. The van der Waals surface area contributed by atoms with Crippen molar-refractivity contribution in [2.45, 2.75) is 31.4 Å². The Morgan fingerprint density at radius 1 is 1.50 bits per heavy atom. The smallest absolute Gasteiger partial charge is 0.178 e. The lowest BCUT2D eigenvalue weighted by molar-refractivity contribution is 0.0948. The Bertz CT molecular complexity index is 422. The predicted octanol–water partition coefficient (Wildman–Crippen LogP) is 3.60. The molecule has 0 spiro atoms. The number of ketones is 1. The maximum absolute atomic E-state index is 13.0. The van der Waals surface area contributed by atoms with Crippen LogP contribution in [-0.4, -0.2) is 16.3 Å². The van der Waals surface area contributed by atoms with Gasteiger partial charge in [-0.2, -0.15) is 0 Å². The fourth-order valence-electron chi connectivity index (χ4n) is 2.12. The molecule has 1 fully saturated rings. The Labute approximate surface area is 99.4 Å². The molecule has 1 aromatic carbocycles. The first kappa shape index (κ1) is 11.6. The van der Waals surface area contributed by atoms with Crippen LogP contribution >= 0.6 is 11.8 Å².